The highest BCUT2D eigenvalue weighted by Crippen LogP contribution is 2.47. The fourth-order valence-corrected chi connectivity index (χ4v) is 4.93. The zero-order chi connectivity index (χ0) is 18.5. The van der Waals surface area contributed by atoms with Crippen LogP contribution in [0.3, 0.4) is 0 Å². The highest BCUT2D eigenvalue weighted by molar-refractivity contribution is 5.91. The van der Waals surface area contributed by atoms with Crippen molar-refractivity contribution in [2.75, 3.05) is 6.61 Å². The lowest BCUT2D eigenvalue weighted by molar-refractivity contribution is -0.215. The van der Waals surface area contributed by atoms with Crippen LogP contribution in [-0.2, 0) is 23.7 Å². The lowest BCUT2D eigenvalue weighted by atomic mass is 9.77. The van der Waals surface area contributed by atoms with Crippen LogP contribution in [-0.4, -0.2) is 48.7 Å². The fraction of sp³-hybridized carbons (Fsp3) is 0.857. The van der Waals surface area contributed by atoms with Crippen LogP contribution in [0.4, 0.5) is 0 Å². The third-order valence-electron chi connectivity index (χ3n) is 6.90. The molecule has 4 saturated heterocycles. The maximum Gasteiger partial charge on any atom is 0.334 e. The van der Waals surface area contributed by atoms with Gasteiger partial charge < -0.3 is 18.9 Å². The Balaban J connectivity index is 1.51. The summed E-state index contributed by atoms with van der Waals surface area (Å²) in [6.07, 6.45) is 6.35. The van der Waals surface area contributed by atoms with E-state index < -0.39 is 0 Å². The van der Waals surface area contributed by atoms with Gasteiger partial charge in [0.1, 0.15) is 6.10 Å². The number of hydrogen-bond acceptors (Lipinski definition) is 5. The molecule has 0 aliphatic carbocycles. The molecule has 0 spiro atoms. The molecular formula is C21H32O5. The minimum absolute atomic E-state index is 0.0174. The Morgan fingerprint density at radius 2 is 2.12 bits per heavy atom. The van der Waals surface area contributed by atoms with Gasteiger partial charge in [0, 0.05) is 11.5 Å². The molecule has 4 fully saturated rings. The highest BCUT2D eigenvalue weighted by atomic mass is 16.6. The Hall–Kier alpha value is -0.910. The quantitative estimate of drug-likeness (QED) is 0.411. The number of carbonyl (C=O) groups excluding carboxylic acids is 1. The predicted octanol–water partition coefficient (Wildman–Crippen LogP) is 3.40. The minimum Gasteiger partial charge on any atom is -0.456 e. The van der Waals surface area contributed by atoms with Gasteiger partial charge in [0.15, 0.2) is 0 Å². The molecule has 4 heterocycles. The van der Waals surface area contributed by atoms with Crippen molar-refractivity contribution in [2.24, 2.45) is 11.8 Å². The summed E-state index contributed by atoms with van der Waals surface area (Å²) in [6, 6.07) is 0. The molecule has 4 rings (SSSR count). The van der Waals surface area contributed by atoms with E-state index in [1.807, 2.05) is 0 Å². The van der Waals surface area contributed by atoms with Gasteiger partial charge in [0.05, 0.1) is 36.6 Å². The van der Waals surface area contributed by atoms with E-state index in [1.165, 1.54) is 0 Å². The fourth-order valence-electron chi connectivity index (χ4n) is 4.93. The molecule has 0 radical (unpaired) electrons. The van der Waals surface area contributed by atoms with Crippen LogP contribution in [0.2, 0.25) is 0 Å². The van der Waals surface area contributed by atoms with Crippen LogP contribution in [0.15, 0.2) is 12.2 Å². The van der Waals surface area contributed by atoms with E-state index in [0.29, 0.717) is 23.7 Å². The van der Waals surface area contributed by atoms with Crippen molar-refractivity contribution in [1.29, 1.82) is 0 Å². The Morgan fingerprint density at radius 3 is 2.77 bits per heavy atom. The maximum atomic E-state index is 12.2. The van der Waals surface area contributed by atoms with Gasteiger partial charge in [-0.3, -0.25) is 0 Å². The first-order chi connectivity index (χ1) is 12.4. The van der Waals surface area contributed by atoms with E-state index in [2.05, 4.69) is 27.4 Å². The van der Waals surface area contributed by atoms with Crippen molar-refractivity contribution in [3.05, 3.63) is 12.2 Å². The number of carbonyl (C=O) groups is 1. The number of rotatable bonds is 6. The van der Waals surface area contributed by atoms with Crippen LogP contribution < -0.4 is 0 Å². The molecule has 4 aliphatic heterocycles. The zero-order valence-corrected chi connectivity index (χ0v) is 16.2. The van der Waals surface area contributed by atoms with E-state index in [-0.39, 0.29) is 35.8 Å². The number of fused-ring (bicyclic) bond motifs is 1. The standard InChI is InChI=1S/C21H32O5/c1-5-14-8-9-21(4,26-14)17-10-16-13(3)20(22)25-19(16)18(24-17)12(2)6-7-15-11-23-15/h12,14-19H,3,5-11H2,1-2,4H3/t12?,14?,15-,16+,17?,18?,19-,21-/m1/s1. The average molecular weight is 364 g/mol. The number of ether oxygens (including phenoxy) is 4. The van der Waals surface area contributed by atoms with E-state index in [0.717, 1.165) is 45.1 Å². The largest absolute Gasteiger partial charge is 0.456 e. The zero-order valence-electron chi connectivity index (χ0n) is 16.2. The van der Waals surface area contributed by atoms with Crippen molar-refractivity contribution >= 4 is 5.97 Å². The first-order valence-electron chi connectivity index (χ1n) is 10.3. The van der Waals surface area contributed by atoms with Crippen molar-refractivity contribution < 1.29 is 23.7 Å². The van der Waals surface area contributed by atoms with Gasteiger partial charge >= 0.3 is 5.97 Å². The summed E-state index contributed by atoms with van der Waals surface area (Å²) in [4.78, 5) is 12.2. The SMILES string of the molecule is C=C1C(=O)O[C@H]2C(C(C)CC[C@@H]3CO3)OC([C@@]3(C)CCC(CC)O3)C[C@@H]12. The Labute approximate surface area is 156 Å². The van der Waals surface area contributed by atoms with Crippen LogP contribution in [0.5, 0.6) is 0 Å². The summed E-state index contributed by atoms with van der Waals surface area (Å²) in [5.74, 6) is 0.100. The van der Waals surface area contributed by atoms with Gasteiger partial charge in [0.2, 0.25) is 0 Å². The minimum atomic E-state index is -0.283. The summed E-state index contributed by atoms with van der Waals surface area (Å²) in [5, 5.41) is 0. The Kier molecular flexibility index (Phi) is 4.91. The lowest BCUT2D eigenvalue weighted by Gasteiger charge is -2.45. The third-order valence-corrected chi connectivity index (χ3v) is 6.90. The topological polar surface area (TPSA) is 57.3 Å². The van der Waals surface area contributed by atoms with Crippen molar-refractivity contribution in [3.63, 3.8) is 0 Å². The lowest BCUT2D eigenvalue weighted by Crippen LogP contribution is -2.54. The number of esters is 1. The molecule has 8 atom stereocenters. The average Bonchev–Trinajstić information content (AvgIpc) is 3.32. The van der Waals surface area contributed by atoms with Crippen LogP contribution in [0.1, 0.15) is 59.3 Å². The van der Waals surface area contributed by atoms with Crippen molar-refractivity contribution in [2.45, 2.75) is 95.4 Å². The molecule has 0 aromatic carbocycles. The second kappa shape index (κ2) is 6.92. The van der Waals surface area contributed by atoms with Crippen LogP contribution in [0.25, 0.3) is 0 Å². The van der Waals surface area contributed by atoms with Gasteiger partial charge in [-0.25, -0.2) is 4.79 Å². The molecule has 0 N–H and O–H groups in total. The summed E-state index contributed by atoms with van der Waals surface area (Å²) >= 11 is 0. The first kappa shape index (κ1) is 18.5. The molecule has 0 saturated carbocycles. The molecule has 4 aliphatic rings. The molecule has 0 aromatic heterocycles. The third kappa shape index (κ3) is 3.34. The van der Waals surface area contributed by atoms with Gasteiger partial charge in [0.25, 0.3) is 0 Å². The summed E-state index contributed by atoms with van der Waals surface area (Å²) in [6.45, 7) is 11.4. The molecule has 146 valence electrons. The van der Waals surface area contributed by atoms with E-state index in [4.69, 9.17) is 18.9 Å². The predicted molar refractivity (Wildman–Crippen MR) is 96.7 cm³/mol. The van der Waals surface area contributed by atoms with Gasteiger partial charge in [-0.15, -0.1) is 0 Å². The van der Waals surface area contributed by atoms with Gasteiger partial charge in [-0.05, 0) is 51.4 Å². The Morgan fingerprint density at radius 1 is 1.35 bits per heavy atom. The molecule has 0 aromatic rings. The summed E-state index contributed by atoms with van der Waals surface area (Å²) in [7, 11) is 0. The smallest absolute Gasteiger partial charge is 0.334 e. The number of epoxide rings is 1. The normalized spacial score (nSPS) is 46.1. The van der Waals surface area contributed by atoms with E-state index in [9.17, 15) is 4.79 Å². The molecule has 4 unspecified atom stereocenters. The van der Waals surface area contributed by atoms with E-state index in [1.54, 1.807) is 0 Å². The van der Waals surface area contributed by atoms with Crippen molar-refractivity contribution in [1.82, 2.24) is 0 Å². The van der Waals surface area contributed by atoms with Crippen LogP contribution in [0, 0.1) is 11.8 Å². The van der Waals surface area contributed by atoms with Crippen molar-refractivity contribution in [3.8, 4) is 0 Å². The highest BCUT2D eigenvalue weighted by Gasteiger charge is 2.55. The molecule has 0 amide bonds. The maximum absolute atomic E-state index is 12.2. The molecule has 5 nitrogen and oxygen atoms in total. The monoisotopic (exact) mass is 364 g/mol. The summed E-state index contributed by atoms with van der Waals surface area (Å²) < 4.78 is 24.0. The molecule has 5 heteroatoms. The number of hydrogen-bond donors (Lipinski definition) is 0. The Bertz CT molecular complexity index is 571. The second-order valence-electron chi connectivity index (χ2n) is 8.84. The van der Waals surface area contributed by atoms with Gasteiger partial charge in [-0.1, -0.05) is 20.4 Å². The van der Waals surface area contributed by atoms with E-state index >= 15 is 0 Å². The van der Waals surface area contributed by atoms with Crippen LogP contribution >= 0.6 is 0 Å². The molecule has 26 heavy (non-hydrogen) atoms. The first-order valence-corrected chi connectivity index (χ1v) is 10.3. The molecular weight excluding hydrogens is 332 g/mol. The van der Waals surface area contributed by atoms with Gasteiger partial charge in [-0.2, -0.15) is 0 Å². The summed E-state index contributed by atoms with van der Waals surface area (Å²) in [5.41, 5.74) is 0.328. The second-order valence-corrected chi connectivity index (χ2v) is 8.84. The molecule has 0 bridgehead atoms.